The van der Waals surface area contributed by atoms with Crippen molar-refractivity contribution >= 4 is 17.5 Å². The lowest BCUT2D eigenvalue weighted by atomic mass is 9.93. The van der Waals surface area contributed by atoms with E-state index in [1.165, 1.54) is 5.56 Å². The highest BCUT2D eigenvalue weighted by atomic mass is 16.3. The molecule has 29 heavy (non-hydrogen) atoms. The van der Waals surface area contributed by atoms with Crippen molar-refractivity contribution in [3.63, 3.8) is 0 Å². The van der Waals surface area contributed by atoms with Crippen LogP contribution in [-0.4, -0.2) is 24.9 Å². The third kappa shape index (κ3) is 4.24. The van der Waals surface area contributed by atoms with Gasteiger partial charge in [-0.15, -0.1) is 0 Å². The van der Waals surface area contributed by atoms with E-state index < -0.39 is 5.92 Å². The number of aryl methyl sites for hydroxylation is 1. The second kappa shape index (κ2) is 8.35. The molecule has 1 atom stereocenters. The second-order valence-electron chi connectivity index (χ2n) is 7.39. The Labute approximate surface area is 170 Å². The number of rotatable bonds is 6. The third-order valence-corrected chi connectivity index (χ3v) is 5.38. The first-order chi connectivity index (χ1) is 14.1. The van der Waals surface area contributed by atoms with E-state index in [1.807, 2.05) is 67.6 Å². The van der Waals surface area contributed by atoms with Crippen LogP contribution in [0.15, 0.2) is 71.3 Å². The van der Waals surface area contributed by atoms with Gasteiger partial charge in [0.2, 0.25) is 11.8 Å². The van der Waals surface area contributed by atoms with Crippen molar-refractivity contribution in [3.8, 4) is 0 Å². The number of furan rings is 1. The molecule has 0 saturated carbocycles. The molecule has 0 aliphatic carbocycles. The minimum Gasteiger partial charge on any atom is -0.469 e. The van der Waals surface area contributed by atoms with Crippen molar-refractivity contribution in [1.29, 1.82) is 0 Å². The number of anilines is 1. The molecule has 3 aromatic rings. The van der Waals surface area contributed by atoms with Gasteiger partial charge in [0.05, 0.1) is 18.7 Å². The molecule has 1 N–H and O–H groups in total. The average molecular weight is 388 g/mol. The van der Waals surface area contributed by atoms with E-state index in [1.54, 1.807) is 11.2 Å². The van der Waals surface area contributed by atoms with Gasteiger partial charge in [0, 0.05) is 18.7 Å². The van der Waals surface area contributed by atoms with Crippen LogP contribution < -0.4 is 10.2 Å². The lowest BCUT2D eigenvalue weighted by molar-refractivity contribution is -0.126. The normalized spacial score (nSPS) is 13.8. The molecule has 0 fully saturated rings. The van der Waals surface area contributed by atoms with Gasteiger partial charge in [0.25, 0.3) is 0 Å². The quantitative estimate of drug-likeness (QED) is 0.702. The molecule has 2 aromatic carbocycles. The van der Waals surface area contributed by atoms with Crippen molar-refractivity contribution in [1.82, 2.24) is 5.32 Å². The first-order valence-electron chi connectivity index (χ1n) is 9.87. The Kier molecular flexibility index (Phi) is 5.47. The highest BCUT2D eigenvalue weighted by molar-refractivity contribution is 5.99. The van der Waals surface area contributed by atoms with Crippen LogP contribution in [0.2, 0.25) is 0 Å². The van der Waals surface area contributed by atoms with E-state index in [0.717, 1.165) is 29.0 Å². The Morgan fingerprint density at radius 3 is 2.62 bits per heavy atom. The number of hydrogen-bond donors (Lipinski definition) is 1. The molecule has 148 valence electrons. The zero-order valence-corrected chi connectivity index (χ0v) is 16.4. The van der Waals surface area contributed by atoms with Gasteiger partial charge in [-0.05, 0) is 42.7 Å². The molecule has 1 aromatic heterocycles. The van der Waals surface area contributed by atoms with E-state index in [9.17, 15) is 9.59 Å². The van der Waals surface area contributed by atoms with Gasteiger partial charge in [0.15, 0.2) is 0 Å². The predicted molar refractivity (Wildman–Crippen MR) is 112 cm³/mol. The predicted octanol–water partition coefficient (Wildman–Crippen LogP) is 3.62. The minimum absolute atomic E-state index is 0.0202. The summed E-state index contributed by atoms with van der Waals surface area (Å²) in [4.78, 5) is 27.5. The molecule has 1 aliphatic heterocycles. The molecule has 2 amide bonds. The molecule has 2 heterocycles. The van der Waals surface area contributed by atoms with Crippen LogP contribution in [0.4, 0.5) is 5.69 Å². The van der Waals surface area contributed by atoms with Gasteiger partial charge >= 0.3 is 0 Å². The molecule has 0 bridgehead atoms. The first-order valence-corrected chi connectivity index (χ1v) is 9.87. The maximum absolute atomic E-state index is 13.0. The number of carbonyl (C=O) groups excluding carboxylic acids is 2. The van der Waals surface area contributed by atoms with E-state index in [-0.39, 0.29) is 18.4 Å². The lowest BCUT2D eigenvalue weighted by Crippen LogP contribution is -2.41. The van der Waals surface area contributed by atoms with Gasteiger partial charge in [-0.25, -0.2) is 0 Å². The molecular weight excluding hydrogens is 364 g/mol. The van der Waals surface area contributed by atoms with Crippen LogP contribution in [0.5, 0.6) is 0 Å². The van der Waals surface area contributed by atoms with Gasteiger partial charge < -0.3 is 14.6 Å². The van der Waals surface area contributed by atoms with Gasteiger partial charge in [-0.3, -0.25) is 9.59 Å². The number of nitrogens with zero attached hydrogens (tertiary/aromatic N) is 1. The summed E-state index contributed by atoms with van der Waals surface area (Å²) in [6, 6.07) is 19.5. The summed E-state index contributed by atoms with van der Waals surface area (Å²) in [7, 11) is 0. The van der Waals surface area contributed by atoms with Crippen molar-refractivity contribution < 1.29 is 14.0 Å². The van der Waals surface area contributed by atoms with Gasteiger partial charge in [-0.2, -0.15) is 0 Å². The van der Waals surface area contributed by atoms with Crippen LogP contribution in [0.3, 0.4) is 0 Å². The molecule has 0 radical (unpaired) electrons. The maximum atomic E-state index is 13.0. The van der Waals surface area contributed by atoms with Crippen LogP contribution in [0, 0.1) is 6.92 Å². The van der Waals surface area contributed by atoms with Gasteiger partial charge in [0.1, 0.15) is 5.76 Å². The summed E-state index contributed by atoms with van der Waals surface area (Å²) in [5.74, 6) is 0.0565. The highest BCUT2D eigenvalue weighted by Crippen LogP contribution is 2.27. The number of amides is 2. The van der Waals surface area contributed by atoms with Gasteiger partial charge in [-0.1, -0.05) is 48.0 Å². The zero-order chi connectivity index (χ0) is 20.2. The summed E-state index contributed by atoms with van der Waals surface area (Å²) in [6.07, 6.45) is 2.90. The number of fused-ring (bicyclic) bond motifs is 1. The molecule has 5 nitrogen and oxygen atoms in total. The molecule has 1 unspecified atom stereocenters. The SMILES string of the molecule is Cc1ccc(C(Cc2ccco2)C(=O)NCC(=O)N2CCc3ccccc32)cc1. The Bertz CT molecular complexity index is 993. The third-order valence-electron chi connectivity index (χ3n) is 5.38. The summed E-state index contributed by atoms with van der Waals surface area (Å²) < 4.78 is 5.45. The summed E-state index contributed by atoms with van der Waals surface area (Å²) in [5.41, 5.74) is 4.15. The Morgan fingerprint density at radius 1 is 1.07 bits per heavy atom. The lowest BCUT2D eigenvalue weighted by Gasteiger charge is -2.20. The summed E-state index contributed by atoms with van der Waals surface area (Å²) in [5, 5.41) is 2.84. The Morgan fingerprint density at radius 2 is 1.86 bits per heavy atom. The van der Waals surface area contributed by atoms with Crippen LogP contribution >= 0.6 is 0 Å². The highest BCUT2D eigenvalue weighted by Gasteiger charge is 2.26. The Hall–Kier alpha value is -3.34. The number of benzene rings is 2. The van der Waals surface area contributed by atoms with Crippen molar-refractivity contribution in [3.05, 3.63) is 89.4 Å². The number of nitrogens with one attached hydrogen (secondary N) is 1. The Balaban J connectivity index is 1.45. The summed E-state index contributed by atoms with van der Waals surface area (Å²) in [6.45, 7) is 2.65. The zero-order valence-electron chi connectivity index (χ0n) is 16.4. The fourth-order valence-corrected chi connectivity index (χ4v) is 3.77. The molecule has 0 saturated heterocycles. The largest absolute Gasteiger partial charge is 0.469 e. The van der Waals surface area contributed by atoms with Crippen LogP contribution in [0.25, 0.3) is 0 Å². The van der Waals surface area contributed by atoms with E-state index in [2.05, 4.69) is 5.32 Å². The topological polar surface area (TPSA) is 62.6 Å². The number of hydrogen-bond acceptors (Lipinski definition) is 3. The molecule has 1 aliphatic rings. The van der Waals surface area contributed by atoms with E-state index >= 15 is 0 Å². The number of para-hydroxylation sites is 1. The molecule has 5 heteroatoms. The first kappa shape index (κ1) is 19.0. The number of carbonyl (C=O) groups is 2. The maximum Gasteiger partial charge on any atom is 0.246 e. The minimum atomic E-state index is -0.416. The van der Waals surface area contributed by atoms with Crippen LogP contribution in [0.1, 0.15) is 28.4 Å². The summed E-state index contributed by atoms with van der Waals surface area (Å²) >= 11 is 0. The van der Waals surface area contributed by atoms with E-state index in [0.29, 0.717) is 13.0 Å². The van der Waals surface area contributed by atoms with Crippen molar-refractivity contribution in [2.24, 2.45) is 0 Å². The standard InChI is InChI=1S/C24H24N2O3/c1-17-8-10-18(11-9-17)21(15-20-6-4-14-29-20)24(28)25-16-23(27)26-13-12-19-5-2-3-7-22(19)26/h2-11,14,21H,12-13,15-16H2,1H3,(H,25,28). The second-order valence-corrected chi connectivity index (χ2v) is 7.39. The monoisotopic (exact) mass is 388 g/mol. The molecule has 0 spiro atoms. The van der Waals surface area contributed by atoms with Crippen LogP contribution in [-0.2, 0) is 22.4 Å². The van der Waals surface area contributed by atoms with E-state index in [4.69, 9.17) is 4.42 Å². The fourth-order valence-electron chi connectivity index (χ4n) is 3.77. The average Bonchev–Trinajstić information content (AvgIpc) is 3.40. The van der Waals surface area contributed by atoms with Crippen molar-refractivity contribution in [2.45, 2.75) is 25.7 Å². The smallest absolute Gasteiger partial charge is 0.246 e. The fraction of sp³-hybridized carbons (Fsp3) is 0.250. The van der Waals surface area contributed by atoms with Crippen molar-refractivity contribution in [2.75, 3.05) is 18.0 Å². The molecule has 4 rings (SSSR count). The molecular formula is C24H24N2O3.